The van der Waals surface area contributed by atoms with Gasteiger partial charge in [0, 0.05) is 18.8 Å². The van der Waals surface area contributed by atoms with Gasteiger partial charge in [-0.3, -0.25) is 0 Å². The molecule has 0 saturated carbocycles. The van der Waals surface area contributed by atoms with Crippen LogP contribution in [0.3, 0.4) is 0 Å². The van der Waals surface area contributed by atoms with Gasteiger partial charge in [0.2, 0.25) is 0 Å². The van der Waals surface area contributed by atoms with E-state index in [0.29, 0.717) is 18.1 Å². The van der Waals surface area contributed by atoms with Crippen LogP contribution in [0.25, 0.3) is 0 Å². The van der Waals surface area contributed by atoms with Crippen LogP contribution >= 0.6 is 12.2 Å². The van der Waals surface area contributed by atoms with Gasteiger partial charge >= 0.3 is 6.18 Å². The number of hydrogen-bond donors (Lipinski definition) is 1. The SMILES string of the molecule is Cc1ccc(C)c(NC(=S)N2CCCC(C(F)(F)F)C2)c1. The summed E-state index contributed by atoms with van der Waals surface area (Å²) in [6.45, 7) is 4.43. The standard InChI is InChI=1S/C15H19F3N2S/c1-10-5-6-11(2)13(8-10)19-14(21)20-7-3-4-12(9-20)15(16,17)18/h5-6,8,12H,3-4,7,9H2,1-2H3,(H,19,21). The van der Waals surface area contributed by atoms with E-state index in [0.717, 1.165) is 16.8 Å². The van der Waals surface area contributed by atoms with Crippen LogP contribution in [0.2, 0.25) is 0 Å². The molecule has 1 fully saturated rings. The van der Waals surface area contributed by atoms with Gasteiger partial charge in [-0.15, -0.1) is 0 Å². The summed E-state index contributed by atoms with van der Waals surface area (Å²) in [5.74, 6) is -1.29. The molecule has 1 heterocycles. The highest BCUT2D eigenvalue weighted by Crippen LogP contribution is 2.33. The number of thiocarbonyl (C=S) groups is 1. The molecule has 1 aliphatic heterocycles. The highest BCUT2D eigenvalue weighted by Gasteiger charge is 2.42. The van der Waals surface area contributed by atoms with Crippen molar-refractivity contribution in [3.8, 4) is 0 Å². The molecule has 21 heavy (non-hydrogen) atoms. The molecule has 1 saturated heterocycles. The topological polar surface area (TPSA) is 15.3 Å². The fraction of sp³-hybridized carbons (Fsp3) is 0.533. The zero-order valence-electron chi connectivity index (χ0n) is 12.1. The average molecular weight is 316 g/mol. The third-order valence-electron chi connectivity index (χ3n) is 3.81. The molecular weight excluding hydrogens is 297 g/mol. The van der Waals surface area contributed by atoms with Gasteiger partial charge in [-0.2, -0.15) is 13.2 Å². The van der Waals surface area contributed by atoms with Crippen LogP contribution in [0.15, 0.2) is 18.2 Å². The molecule has 1 aromatic rings. The van der Waals surface area contributed by atoms with E-state index in [1.54, 1.807) is 4.90 Å². The Morgan fingerprint density at radius 1 is 1.33 bits per heavy atom. The summed E-state index contributed by atoms with van der Waals surface area (Å²) < 4.78 is 38.5. The summed E-state index contributed by atoms with van der Waals surface area (Å²) in [4.78, 5) is 1.62. The van der Waals surface area contributed by atoms with Crippen LogP contribution in [-0.2, 0) is 0 Å². The predicted octanol–water partition coefficient (Wildman–Crippen LogP) is 4.27. The fourth-order valence-corrected chi connectivity index (χ4v) is 2.77. The molecule has 0 bridgehead atoms. The van der Waals surface area contributed by atoms with Gasteiger partial charge in [-0.1, -0.05) is 12.1 Å². The van der Waals surface area contributed by atoms with E-state index in [2.05, 4.69) is 5.32 Å². The van der Waals surface area contributed by atoms with Crippen molar-refractivity contribution in [2.24, 2.45) is 5.92 Å². The van der Waals surface area contributed by atoms with E-state index in [1.165, 1.54) is 0 Å². The largest absolute Gasteiger partial charge is 0.393 e. The molecule has 1 unspecified atom stereocenters. The molecule has 6 heteroatoms. The number of alkyl halides is 3. The molecule has 0 aliphatic carbocycles. The molecule has 0 aromatic heterocycles. The van der Waals surface area contributed by atoms with Crippen molar-refractivity contribution in [2.75, 3.05) is 18.4 Å². The number of likely N-dealkylation sites (tertiary alicyclic amines) is 1. The van der Waals surface area contributed by atoms with Crippen LogP contribution in [0.5, 0.6) is 0 Å². The molecule has 2 rings (SSSR count). The summed E-state index contributed by atoms with van der Waals surface area (Å²) in [6, 6.07) is 5.91. The van der Waals surface area contributed by atoms with Gasteiger partial charge in [0.25, 0.3) is 0 Å². The first-order valence-electron chi connectivity index (χ1n) is 6.97. The Labute approximate surface area is 128 Å². The van der Waals surface area contributed by atoms with E-state index >= 15 is 0 Å². The molecule has 1 atom stereocenters. The Morgan fingerprint density at radius 2 is 2.05 bits per heavy atom. The lowest BCUT2D eigenvalue weighted by atomic mass is 9.98. The van der Waals surface area contributed by atoms with Crippen LogP contribution in [0.4, 0.5) is 18.9 Å². The van der Waals surface area contributed by atoms with Crippen LogP contribution in [0.1, 0.15) is 24.0 Å². The molecule has 1 N–H and O–H groups in total. The summed E-state index contributed by atoms with van der Waals surface area (Å²) in [7, 11) is 0. The Morgan fingerprint density at radius 3 is 2.71 bits per heavy atom. The first-order valence-corrected chi connectivity index (χ1v) is 7.38. The summed E-state index contributed by atoms with van der Waals surface area (Å²) in [5, 5.41) is 3.46. The first-order chi connectivity index (χ1) is 9.77. The van der Waals surface area contributed by atoms with E-state index in [4.69, 9.17) is 12.2 Å². The van der Waals surface area contributed by atoms with Crippen LogP contribution in [-0.4, -0.2) is 29.3 Å². The Bertz CT molecular complexity index is 528. The van der Waals surface area contributed by atoms with Gasteiger partial charge in [0.05, 0.1) is 5.92 Å². The number of anilines is 1. The average Bonchev–Trinajstić information content (AvgIpc) is 2.42. The molecule has 0 spiro atoms. The van der Waals surface area contributed by atoms with Crippen LogP contribution in [0, 0.1) is 19.8 Å². The lowest BCUT2D eigenvalue weighted by molar-refractivity contribution is -0.183. The second-order valence-corrected chi connectivity index (χ2v) is 5.96. The van der Waals surface area contributed by atoms with Crippen molar-refractivity contribution >= 4 is 23.0 Å². The number of hydrogen-bond acceptors (Lipinski definition) is 1. The molecule has 0 amide bonds. The van der Waals surface area contributed by atoms with Crippen LogP contribution < -0.4 is 5.32 Å². The van der Waals surface area contributed by atoms with Crippen molar-refractivity contribution in [1.29, 1.82) is 0 Å². The van der Waals surface area contributed by atoms with E-state index in [1.807, 2.05) is 32.0 Å². The molecular formula is C15H19F3N2S. The Kier molecular flexibility index (Phi) is 4.76. The van der Waals surface area contributed by atoms with E-state index in [-0.39, 0.29) is 13.0 Å². The molecule has 1 aliphatic rings. The maximum atomic E-state index is 12.8. The van der Waals surface area contributed by atoms with Gasteiger partial charge in [-0.25, -0.2) is 0 Å². The number of aryl methyl sites for hydroxylation is 2. The molecule has 1 aromatic carbocycles. The van der Waals surface area contributed by atoms with Crippen molar-refractivity contribution < 1.29 is 13.2 Å². The normalized spacial score (nSPS) is 19.5. The second kappa shape index (κ2) is 6.22. The summed E-state index contributed by atoms with van der Waals surface area (Å²) >= 11 is 5.28. The molecule has 116 valence electrons. The third kappa shape index (κ3) is 4.09. The number of halogens is 3. The van der Waals surface area contributed by atoms with Gasteiger partial charge in [-0.05, 0) is 56.1 Å². The fourth-order valence-electron chi connectivity index (χ4n) is 2.49. The monoisotopic (exact) mass is 316 g/mol. The maximum Gasteiger partial charge on any atom is 0.393 e. The minimum absolute atomic E-state index is 0.0554. The van der Waals surface area contributed by atoms with Crippen molar-refractivity contribution in [3.05, 3.63) is 29.3 Å². The number of rotatable bonds is 1. The Hall–Kier alpha value is -1.30. The highest BCUT2D eigenvalue weighted by molar-refractivity contribution is 7.80. The lowest BCUT2D eigenvalue weighted by Gasteiger charge is -2.35. The lowest BCUT2D eigenvalue weighted by Crippen LogP contribution is -2.46. The zero-order chi connectivity index (χ0) is 15.6. The summed E-state index contributed by atoms with van der Waals surface area (Å²) in [6.07, 6.45) is -3.45. The first kappa shape index (κ1) is 16.1. The minimum Gasteiger partial charge on any atom is -0.348 e. The maximum absolute atomic E-state index is 12.8. The number of nitrogens with one attached hydrogen (secondary N) is 1. The minimum atomic E-state index is -4.15. The second-order valence-electron chi connectivity index (χ2n) is 5.58. The third-order valence-corrected chi connectivity index (χ3v) is 4.17. The summed E-state index contributed by atoms with van der Waals surface area (Å²) in [5.41, 5.74) is 2.96. The number of piperidine rings is 1. The molecule has 2 nitrogen and oxygen atoms in total. The Balaban J connectivity index is 2.04. The number of benzene rings is 1. The number of nitrogens with zero attached hydrogens (tertiary/aromatic N) is 1. The molecule has 0 radical (unpaired) electrons. The van der Waals surface area contributed by atoms with Gasteiger partial charge in [0.1, 0.15) is 0 Å². The quantitative estimate of drug-likeness (QED) is 0.779. The smallest absolute Gasteiger partial charge is 0.348 e. The van der Waals surface area contributed by atoms with Crippen molar-refractivity contribution in [3.63, 3.8) is 0 Å². The zero-order valence-corrected chi connectivity index (χ0v) is 12.9. The van der Waals surface area contributed by atoms with E-state index < -0.39 is 12.1 Å². The van der Waals surface area contributed by atoms with E-state index in [9.17, 15) is 13.2 Å². The predicted molar refractivity (Wildman–Crippen MR) is 82.5 cm³/mol. The van der Waals surface area contributed by atoms with Crippen molar-refractivity contribution in [1.82, 2.24) is 4.90 Å². The highest BCUT2D eigenvalue weighted by atomic mass is 32.1. The van der Waals surface area contributed by atoms with Gasteiger partial charge in [0.15, 0.2) is 5.11 Å². The van der Waals surface area contributed by atoms with Crippen molar-refractivity contribution in [2.45, 2.75) is 32.9 Å². The van der Waals surface area contributed by atoms with Gasteiger partial charge < -0.3 is 10.2 Å².